The second-order valence-electron chi connectivity index (χ2n) is 6.40. The molecule has 1 saturated carbocycles. The van der Waals surface area contributed by atoms with Crippen LogP contribution in [0, 0.1) is 5.92 Å². The summed E-state index contributed by atoms with van der Waals surface area (Å²) < 4.78 is 5.76. The molecule has 1 aliphatic carbocycles. The van der Waals surface area contributed by atoms with Crippen LogP contribution >= 0.6 is 11.6 Å². The molecule has 4 heteroatoms. The zero-order valence-electron chi connectivity index (χ0n) is 12.4. The first-order valence-electron chi connectivity index (χ1n) is 7.99. The summed E-state index contributed by atoms with van der Waals surface area (Å²) in [6, 6.07) is 7.53. The average molecular weight is 310 g/mol. The Morgan fingerprint density at radius 1 is 1.33 bits per heavy atom. The number of nitrogens with zero attached hydrogens (tertiary/aromatic N) is 1. The van der Waals surface area contributed by atoms with E-state index in [1.165, 1.54) is 19.3 Å². The minimum Gasteiger partial charge on any atom is -0.492 e. The molecule has 2 aliphatic rings. The predicted octanol–water partition coefficient (Wildman–Crippen LogP) is 3.35. The van der Waals surface area contributed by atoms with Crippen molar-refractivity contribution in [3.05, 3.63) is 29.3 Å². The fraction of sp³-hybridized carbons (Fsp3) is 0.647. The summed E-state index contributed by atoms with van der Waals surface area (Å²) in [5.74, 6) is 1.28. The van der Waals surface area contributed by atoms with Crippen LogP contribution in [0.2, 0.25) is 5.02 Å². The van der Waals surface area contributed by atoms with Gasteiger partial charge in [0.05, 0.1) is 5.60 Å². The molecule has 0 radical (unpaired) electrons. The van der Waals surface area contributed by atoms with Crippen molar-refractivity contribution in [2.75, 3.05) is 26.2 Å². The van der Waals surface area contributed by atoms with E-state index in [-0.39, 0.29) is 5.60 Å². The highest BCUT2D eigenvalue weighted by Crippen LogP contribution is 2.39. The second kappa shape index (κ2) is 6.55. The van der Waals surface area contributed by atoms with E-state index >= 15 is 0 Å². The molecule has 0 amide bonds. The Bertz CT molecular complexity index is 482. The van der Waals surface area contributed by atoms with Crippen LogP contribution in [0.1, 0.15) is 32.1 Å². The Labute approximate surface area is 131 Å². The number of halogens is 1. The SMILES string of the molecule is OC12CCCCC1CN(CCOc1cccc(Cl)c1)CC2. The molecule has 3 rings (SSSR count). The molecule has 116 valence electrons. The first kappa shape index (κ1) is 15.1. The summed E-state index contributed by atoms with van der Waals surface area (Å²) in [5, 5.41) is 11.4. The molecular formula is C17H24ClNO2. The highest BCUT2D eigenvalue weighted by molar-refractivity contribution is 6.30. The number of likely N-dealkylation sites (tertiary alicyclic amines) is 1. The standard InChI is InChI=1S/C17H24ClNO2/c18-15-5-3-6-16(12-15)21-11-10-19-9-8-17(20)7-2-1-4-14(17)13-19/h3,5-6,12,14,20H,1-2,4,7-11,13H2. The number of fused-ring (bicyclic) bond motifs is 1. The van der Waals surface area contributed by atoms with E-state index in [9.17, 15) is 5.11 Å². The van der Waals surface area contributed by atoms with Crippen molar-refractivity contribution < 1.29 is 9.84 Å². The van der Waals surface area contributed by atoms with Crippen molar-refractivity contribution in [3.8, 4) is 5.75 Å². The maximum atomic E-state index is 10.7. The number of rotatable bonds is 4. The van der Waals surface area contributed by atoms with Gasteiger partial charge in [-0.05, 0) is 37.5 Å². The van der Waals surface area contributed by atoms with E-state index in [2.05, 4.69) is 4.90 Å². The largest absolute Gasteiger partial charge is 0.492 e. The molecule has 0 bridgehead atoms. The maximum absolute atomic E-state index is 10.7. The molecule has 0 spiro atoms. The summed E-state index contributed by atoms with van der Waals surface area (Å²) in [4.78, 5) is 2.43. The Balaban J connectivity index is 1.46. The van der Waals surface area contributed by atoms with Crippen molar-refractivity contribution in [3.63, 3.8) is 0 Å². The molecule has 2 atom stereocenters. The van der Waals surface area contributed by atoms with Gasteiger partial charge in [-0.2, -0.15) is 0 Å². The average Bonchev–Trinajstić information content (AvgIpc) is 2.47. The minimum absolute atomic E-state index is 0.386. The zero-order valence-corrected chi connectivity index (χ0v) is 13.2. The van der Waals surface area contributed by atoms with Gasteiger partial charge in [0.25, 0.3) is 0 Å². The fourth-order valence-electron chi connectivity index (χ4n) is 3.69. The van der Waals surface area contributed by atoms with Crippen LogP contribution in [0.5, 0.6) is 5.75 Å². The summed E-state index contributed by atoms with van der Waals surface area (Å²) >= 11 is 5.95. The molecule has 21 heavy (non-hydrogen) atoms. The van der Waals surface area contributed by atoms with Crippen LogP contribution in [0.15, 0.2) is 24.3 Å². The summed E-state index contributed by atoms with van der Waals surface area (Å²) in [6.45, 7) is 3.58. The lowest BCUT2D eigenvalue weighted by Gasteiger charge is -2.47. The second-order valence-corrected chi connectivity index (χ2v) is 6.84. The van der Waals surface area contributed by atoms with Crippen molar-refractivity contribution in [2.45, 2.75) is 37.7 Å². The van der Waals surface area contributed by atoms with Gasteiger partial charge in [0.1, 0.15) is 12.4 Å². The van der Waals surface area contributed by atoms with E-state index in [1.807, 2.05) is 24.3 Å². The number of hydrogen-bond acceptors (Lipinski definition) is 3. The third-order valence-corrected chi connectivity index (χ3v) is 5.22. The van der Waals surface area contributed by atoms with Crippen LogP contribution in [0.3, 0.4) is 0 Å². The van der Waals surface area contributed by atoms with Crippen molar-refractivity contribution in [1.82, 2.24) is 4.90 Å². The molecule has 0 aromatic heterocycles. The monoisotopic (exact) mass is 309 g/mol. The van der Waals surface area contributed by atoms with Crippen molar-refractivity contribution in [2.24, 2.45) is 5.92 Å². The third-order valence-electron chi connectivity index (χ3n) is 4.98. The number of aliphatic hydroxyl groups is 1. The molecular weight excluding hydrogens is 286 g/mol. The van der Waals surface area contributed by atoms with Crippen LogP contribution in [0.25, 0.3) is 0 Å². The van der Waals surface area contributed by atoms with E-state index in [0.717, 1.165) is 38.2 Å². The van der Waals surface area contributed by atoms with Gasteiger partial charge < -0.3 is 9.84 Å². The van der Waals surface area contributed by atoms with Crippen LogP contribution < -0.4 is 4.74 Å². The summed E-state index contributed by atoms with van der Waals surface area (Å²) in [6.07, 6.45) is 5.52. The molecule has 1 aromatic rings. The van der Waals surface area contributed by atoms with Gasteiger partial charge in [0.15, 0.2) is 0 Å². The van der Waals surface area contributed by atoms with Crippen LogP contribution in [0.4, 0.5) is 0 Å². The summed E-state index contributed by atoms with van der Waals surface area (Å²) in [5.41, 5.74) is -0.386. The first-order chi connectivity index (χ1) is 10.2. The van der Waals surface area contributed by atoms with Gasteiger partial charge in [-0.25, -0.2) is 0 Å². The Kier molecular flexibility index (Phi) is 4.72. The molecule has 2 unspecified atom stereocenters. The van der Waals surface area contributed by atoms with E-state index in [0.29, 0.717) is 17.5 Å². The number of benzene rings is 1. The predicted molar refractivity (Wildman–Crippen MR) is 84.9 cm³/mol. The minimum atomic E-state index is -0.386. The summed E-state index contributed by atoms with van der Waals surface area (Å²) in [7, 11) is 0. The smallest absolute Gasteiger partial charge is 0.120 e. The van der Waals surface area contributed by atoms with E-state index in [1.54, 1.807) is 0 Å². The quantitative estimate of drug-likeness (QED) is 0.926. The molecule has 1 aliphatic heterocycles. The Morgan fingerprint density at radius 3 is 3.10 bits per heavy atom. The Hall–Kier alpha value is -0.770. The van der Waals surface area contributed by atoms with Crippen LogP contribution in [-0.2, 0) is 0 Å². The number of piperidine rings is 1. The van der Waals surface area contributed by atoms with Crippen molar-refractivity contribution in [1.29, 1.82) is 0 Å². The lowest BCUT2D eigenvalue weighted by molar-refractivity contribution is -0.0963. The first-order valence-corrected chi connectivity index (χ1v) is 8.37. The molecule has 3 nitrogen and oxygen atoms in total. The lowest BCUT2D eigenvalue weighted by Crippen LogP contribution is -2.53. The zero-order chi connectivity index (χ0) is 14.7. The lowest BCUT2D eigenvalue weighted by atomic mass is 9.71. The van der Waals surface area contributed by atoms with E-state index in [4.69, 9.17) is 16.3 Å². The van der Waals surface area contributed by atoms with Crippen molar-refractivity contribution >= 4 is 11.6 Å². The highest BCUT2D eigenvalue weighted by atomic mass is 35.5. The highest BCUT2D eigenvalue weighted by Gasteiger charge is 2.42. The number of ether oxygens (including phenoxy) is 1. The maximum Gasteiger partial charge on any atom is 0.120 e. The van der Waals surface area contributed by atoms with Gasteiger partial charge in [-0.1, -0.05) is 30.5 Å². The molecule has 1 N–H and O–H groups in total. The fourth-order valence-corrected chi connectivity index (χ4v) is 3.87. The van der Waals surface area contributed by atoms with Gasteiger partial charge in [-0.15, -0.1) is 0 Å². The van der Waals surface area contributed by atoms with Gasteiger partial charge in [-0.3, -0.25) is 4.90 Å². The van der Waals surface area contributed by atoms with E-state index < -0.39 is 0 Å². The topological polar surface area (TPSA) is 32.7 Å². The third kappa shape index (κ3) is 3.71. The molecule has 1 aromatic carbocycles. The van der Waals surface area contributed by atoms with Crippen LogP contribution in [-0.4, -0.2) is 41.8 Å². The normalized spacial score (nSPS) is 29.9. The number of hydrogen-bond donors (Lipinski definition) is 1. The van der Waals surface area contributed by atoms with Gasteiger partial charge >= 0.3 is 0 Å². The Morgan fingerprint density at radius 2 is 2.24 bits per heavy atom. The molecule has 1 saturated heterocycles. The van der Waals surface area contributed by atoms with Gasteiger partial charge in [0, 0.05) is 30.6 Å². The molecule has 1 heterocycles. The molecule has 2 fully saturated rings. The van der Waals surface area contributed by atoms with Gasteiger partial charge in [0.2, 0.25) is 0 Å².